The number of hydrogen-bond donors (Lipinski definition) is 2. The molecule has 0 bridgehead atoms. The lowest BCUT2D eigenvalue weighted by atomic mass is 10.2. The molecule has 1 fully saturated rings. The van der Waals surface area contributed by atoms with E-state index in [9.17, 15) is 9.59 Å². The number of benzene rings is 1. The molecule has 1 aromatic carbocycles. The van der Waals surface area contributed by atoms with Crippen LogP contribution < -0.4 is 10.6 Å². The van der Waals surface area contributed by atoms with Crippen molar-refractivity contribution in [1.29, 1.82) is 0 Å². The second-order valence-corrected chi connectivity index (χ2v) is 6.86. The molecule has 0 saturated heterocycles. The molecule has 0 unspecified atom stereocenters. The highest BCUT2D eigenvalue weighted by Gasteiger charge is 2.29. The second kappa shape index (κ2) is 7.43. The van der Waals surface area contributed by atoms with Crippen molar-refractivity contribution in [2.75, 3.05) is 0 Å². The Labute approximate surface area is 143 Å². The van der Waals surface area contributed by atoms with E-state index < -0.39 is 11.3 Å². The molecular weight excluding hydrogens is 328 g/mol. The molecule has 3 rings (SSSR count). The number of carbonyl (C=O) groups is 2. The Morgan fingerprint density at radius 1 is 1.33 bits per heavy atom. The Bertz CT molecular complexity index is 716. The summed E-state index contributed by atoms with van der Waals surface area (Å²) in [5, 5.41) is 16.7. The number of amides is 3. The number of urea groups is 1. The van der Waals surface area contributed by atoms with Gasteiger partial charge in [0.05, 0.1) is 11.3 Å². The van der Waals surface area contributed by atoms with Crippen LogP contribution in [0.5, 0.6) is 0 Å². The average Bonchev–Trinajstić information content (AvgIpc) is 3.33. The van der Waals surface area contributed by atoms with E-state index in [-0.39, 0.29) is 5.91 Å². The van der Waals surface area contributed by atoms with Crippen LogP contribution in [-0.2, 0) is 11.3 Å². The fraction of sp³-hybridized carbons (Fsp3) is 0.400. The van der Waals surface area contributed by atoms with Gasteiger partial charge in [0.25, 0.3) is 0 Å². The average molecular weight is 346 g/mol. The molecule has 3 amide bonds. The molecule has 0 aliphatic heterocycles. The number of thioether (sulfide) groups is 1. The van der Waals surface area contributed by atoms with Gasteiger partial charge >= 0.3 is 6.03 Å². The van der Waals surface area contributed by atoms with Gasteiger partial charge in [0.1, 0.15) is 0 Å². The van der Waals surface area contributed by atoms with Crippen molar-refractivity contribution >= 4 is 23.7 Å². The lowest BCUT2D eigenvalue weighted by Crippen LogP contribution is -2.42. The number of imide groups is 1. The quantitative estimate of drug-likeness (QED) is 0.769. The van der Waals surface area contributed by atoms with E-state index >= 15 is 0 Å². The van der Waals surface area contributed by atoms with Crippen LogP contribution in [0.15, 0.2) is 35.5 Å². The summed E-state index contributed by atoms with van der Waals surface area (Å²) in [4.78, 5) is 23.9. The fourth-order valence-electron chi connectivity index (χ4n) is 2.06. The molecule has 0 radical (unpaired) electrons. The molecule has 24 heavy (non-hydrogen) atoms. The summed E-state index contributed by atoms with van der Waals surface area (Å²) in [5.41, 5.74) is 0.964. The van der Waals surface area contributed by atoms with Crippen LogP contribution in [0.3, 0.4) is 0 Å². The van der Waals surface area contributed by atoms with Gasteiger partial charge in [0, 0.05) is 6.54 Å². The van der Waals surface area contributed by atoms with Crippen LogP contribution in [0.2, 0.25) is 0 Å². The first kappa shape index (κ1) is 16.4. The first-order chi connectivity index (χ1) is 11.6. The highest BCUT2D eigenvalue weighted by atomic mass is 32.2. The lowest BCUT2D eigenvalue weighted by Gasteiger charge is -2.11. The normalized spacial score (nSPS) is 14.9. The summed E-state index contributed by atoms with van der Waals surface area (Å²) in [6, 6.07) is 9.31. The summed E-state index contributed by atoms with van der Waals surface area (Å²) in [5.74, 6) is -0.379. The van der Waals surface area contributed by atoms with E-state index in [1.54, 1.807) is 11.6 Å². The summed E-state index contributed by atoms with van der Waals surface area (Å²) in [6.45, 7) is 2.08. The third-order valence-electron chi connectivity index (χ3n) is 3.54. The van der Waals surface area contributed by atoms with Gasteiger partial charge in [-0.2, -0.15) is 0 Å². The number of hydrogen-bond acceptors (Lipinski definition) is 6. The SMILES string of the molecule is C[C@@H](Sc1nnnn1C1CC1)C(=O)NC(=O)NCc1ccccc1. The molecule has 2 N–H and O–H groups in total. The first-order valence-corrected chi connectivity index (χ1v) is 8.58. The minimum atomic E-state index is -0.516. The van der Waals surface area contributed by atoms with Crippen molar-refractivity contribution in [3.05, 3.63) is 35.9 Å². The number of carbonyl (C=O) groups excluding carboxylic acids is 2. The van der Waals surface area contributed by atoms with Crippen LogP contribution in [0.4, 0.5) is 4.79 Å². The van der Waals surface area contributed by atoms with Gasteiger partial charge in [-0.25, -0.2) is 9.48 Å². The van der Waals surface area contributed by atoms with E-state index in [0.29, 0.717) is 17.7 Å². The summed E-state index contributed by atoms with van der Waals surface area (Å²) < 4.78 is 1.74. The second-order valence-electron chi connectivity index (χ2n) is 5.55. The molecule has 9 heteroatoms. The maximum atomic E-state index is 12.1. The van der Waals surface area contributed by atoms with E-state index in [4.69, 9.17) is 0 Å². The number of aromatic nitrogens is 4. The topological polar surface area (TPSA) is 102 Å². The van der Waals surface area contributed by atoms with Gasteiger partial charge in [-0.05, 0) is 35.8 Å². The molecule has 0 spiro atoms. The van der Waals surface area contributed by atoms with Crippen molar-refractivity contribution in [3.63, 3.8) is 0 Å². The monoisotopic (exact) mass is 346 g/mol. The maximum absolute atomic E-state index is 12.1. The van der Waals surface area contributed by atoms with Crippen molar-refractivity contribution in [1.82, 2.24) is 30.8 Å². The zero-order chi connectivity index (χ0) is 16.9. The van der Waals surface area contributed by atoms with Gasteiger partial charge < -0.3 is 5.32 Å². The molecule has 1 saturated carbocycles. The van der Waals surface area contributed by atoms with Crippen LogP contribution in [0.25, 0.3) is 0 Å². The molecule has 1 atom stereocenters. The zero-order valence-corrected chi connectivity index (χ0v) is 14.0. The molecule has 1 aliphatic rings. The van der Waals surface area contributed by atoms with E-state index in [0.717, 1.165) is 18.4 Å². The first-order valence-electron chi connectivity index (χ1n) is 7.70. The molecule has 1 heterocycles. The van der Waals surface area contributed by atoms with Crippen molar-refractivity contribution in [2.45, 2.75) is 42.8 Å². The van der Waals surface area contributed by atoms with Gasteiger partial charge in [0.2, 0.25) is 11.1 Å². The molecule has 1 aromatic heterocycles. The highest BCUT2D eigenvalue weighted by molar-refractivity contribution is 8.00. The third-order valence-corrected chi connectivity index (χ3v) is 4.59. The highest BCUT2D eigenvalue weighted by Crippen LogP contribution is 2.37. The Hall–Kier alpha value is -2.42. The van der Waals surface area contributed by atoms with Crippen LogP contribution in [0, 0.1) is 0 Å². The number of nitrogens with one attached hydrogen (secondary N) is 2. The maximum Gasteiger partial charge on any atom is 0.321 e. The van der Waals surface area contributed by atoms with E-state index in [1.165, 1.54) is 11.8 Å². The van der Waals surface area contributed by atoms with Gasteiger partial charge in [-0.3, -0.25) is 10.1 Å². The number of nitrogens with zero attached hydrogens (tertiary/aromatic N) is 4. The van der Waals surface area contributed by atoms with Gasteiger partial charge in [-0.1, -0.05) is 42.1 Å². The largest absolute Gasteiger partial charge is 0.334 e. The number of rotatable bonds is 6. The molecule has 2 aromatic rings. The Balaban J connectivity index is 1.46. The Morgan fingerprint density at radius 3 is 2.79 bits per heavy atom. The van der Waals surface area contributed by atoms with Crippen molar-refractivity contribution in [2.24, 2.45) is 0 Å². The van der Waals surface area contributed by atoms with E-state index in [2.05, 4.69) is 26.2 Å². The molecule has 8 nitrogen and oxygen atoms in total. The molecule has 1 aliphatic carbocycles. The zero-order valence-electron chi connectivity index (χ0n) is 13.2. The van der Waals surface area contributed by atoms with Crippen molar-refractivity contribution < 1.29 is 9.59 Å². The van der Waals surface area contributed by atoms with Gasteiger partial charge in [0.15, 0.2) is 0 Å². The van der Waals surface area contributed by atoms with Crippen molar-refractivity contribution in [3.8, 4) is 0 Å². The number of tetrazole rings is 1. The molecule has 126 valence electrons. The predicted octanol–water partition coefficient (Wildman–Crippen LogP) is 1.51. The van der Waals surface area contributed by atoms with Crippen LogP contribution in [-0.4, -0.2) is 37.4 Å². The fourth-order valence-corrected chi connectivity index (χ4v) is 2.92. The third kappa shape index (κ3) is 4.31. The minimum absolute atomic E-state index is 0.340. The minimum Gasteiger partial charge on any atom is -0.334 e. The van der Waals surface area contributed by atoms with Crippen LogP contribution >= 0.6 is 11.8 Å². The summed E-state index contributed by atoms with van der Waals surface area (Å²) >= 11 is 1.24. The molecular formula is C15H18N6O2S. The summed E-state index contributed by atoms with van der Waals surface area (Å²) in [7, 11) is 0. The van der Waals surface area contributed by atoms with E-state index in [1.807, 2.05) is 30.3 Å². The smallest absolute Gasteiger partial charge is 0.321 e. The Kier molecular flexibility index (Phi) is 5.09. The van der Waals surface area contributed by atoms with Gasteiger partial charge in [-0.15, -0.1) is 5.10 Å². The standard InChI is InChI=1S/C15H18N6O2S/c1-10(24-15-18-19-20-21(15)12-7-8-12)13(22)17-14(23)16-9-11-5-3-2-4-6-11/h2-6,10,12H,7-9H2,1H3,(H2,16,17,22,23)/t10-/m1/s1. The lowest BCUT2D eigenvalue weighted by molar-refractivity contribution is -0.119. The Morgan fingerprint density at radius 2 is 2.08 bits per heavy atom. The van der Waals surface area contributed by atoms with Crippen LogP contribution in [0.1, 0.15) is 31.4 Å². The summed E-state index contributed by atoms with van der Waals surface area (Å²) in [6.07, 6.45) is 2.11. The predicted molar refractivity (Wildman–Crippen MR) is 88.2 cm³/mol.